The first-order valence-corrected chi connectivity index (χ1v) is 12.2. The molecule has 0 aliphatic heterocycles. The monoisotopic (exact) mass is 471 g/mol. The van der Waals surface area contributed by atoms with Crippen LogP contribution in [0, 0.1) is 13.8 Å². The molecule has 0 bridgehead atoms. The SMILES string of the molecule is CSc1nc2nc(C)c(CC(=O)N(C)C3(c4ccccc4Cl)CCCCC3=O)c(C)n2n1. The number of aromatic nitrogens is 4. The summed E-state index contributed by atoms with van der Waals surface area (Å²) in [7, 11) is 1.72. The summed E-state index contributed by atoms with van der Waals surface area (Å²) >= 11 is 7.98. The summed E-state index contributed by atoms with van der Waals surface area (Å²) in [5.41, 5.74) is 2.00. The van der Waals surface area contributed by atoms with Crippen LogP contribution in [-0.2, 0) is 21.5 Å². The van der Waals surface area contributed by atoms with Crippen LogP contribution >= 0.6 is 23.4 Å². The van der Waals surface area contributed by atoms with Gasteiger partial charge in [-0.05, 0) is 45.4 Å². The molecule has 0 spiro atoms. The van der Waals surface area contributed by atoms with Crippen molar-refractivity contribution in [3.8, 4) is 0 Å². The number of fused-ring (bicyclic) bond motifs is 1. The second-order valence-corrected chi connectivity index (χ2v) is 9.35. The average Bonchev–Trinajstić information content (AvgIpc) is 3.20. The van der Waals surface area contributed by atoms with E-state index in [-0.39, 0.29) is 18.1 Å². The van der Waals surface area contributed by atoms with Crippen molar-refractivity contribution in [2.75, 3.05) is 13.3 Å². The van der Waals surface area contributed by atoms with Crippen molar-refractivity contribution in [3.63, 3.8) is 0 Å². The Kier molecular flexibility index (Phi) is 6.27. The number of thioether (sulfide) groups is 1. The van der Waals surface area contributed by atoms with Crippen LogP contribution in [0.15, 0.2) is 29.4 Å². The highest BCUT2D eigenvalue weighted by atomic mass is 35.5. The molecule has 0 N–H and O–H groups in total. The fourth-order valence-electron chi connectivity index (χ4n) is 4.64. The maximum Gasteiger partial charge on any atom is 0.253 e. The third-order valence-corrected chi connectivity index (χ3v) is 7.33. The van der Waals surface area contributed by atoms with Crippen LogP contribution in [0.4, 0.5) is 0 Å². The molecule has 7 nitrogen and oxygen atoms in total. The third kappa shape index (κ3) is 3.69. The maximum atomic E-state index is 13.6. The van der Waals surface area contributed by atoms with Crippen molar-refractivity contribution in [3.05, 3.63) is 51.8 Å². The number of amides is 1. The number of aryl methyl sites for hydroxylation is 2. The highest BCUT2D eigenvalue weighted by Crippen LogP contribution is 2.42. The summed E-state index contributed by atoms with van der Waals surface area (Å²) in [6.45, 7) is 3.79. The molecule has 2 heterocycles. The van der Waals surface area contributed by atoms with E-state index in [1.807, 2.05) is 38.3 Å². The van der Waals surface area contributed by atoms with Gasteiger partial charge >= 0.3 is 0 Å². The van der Waals surface area contributed by atoms with Gasteiger partial charge < -0.3 is 4.90 Å². The number of nitrogens with zero attached hydrogens (tertiary/aromatic N) is 5. The normalized spacial score (nSPS) is 18.8. The summed E-state index contributed by atoms with van der Waals surface area (Å²) in [6, 6.07) is 7.34. The highest BCUT2D eigenvalue weighted by molar-refractivity contribution is 7.98. The largest absolute Gasteiger partial charge is 0.329 e. The van der Waals surface area contributed by atoms with Crippen LogP contribution in [-0.4, -0.2) is 49.5 Å². The van der Waals surface area contributed by atoms with Crippen LogP contribution < -0.4 is 0 Å². The summed E-state index contributed by atoms with van der Waals surface area (Å²) in [6.07, 6.45) is 4.71. The fraction of sp³-hybridized carbons (Fsp3) is 0.435. The number of rotatable bonds is 5. The van der Waals surface area contributed by atoms with Crippen LogP contribution in [0.5, 0.6) is 0 Å². The van der Waals surface area contributed by atoms with Crippen molar-refractivity contribution in [1.29, 1.82) is 0 Å². The van der Waals surface area contributed by atoms with Gasteiger partial charge in [0.05, 0.1) is 6.42 Å². The first-order chi connectivity index (χ1) is 15.3. The van der Waals surface area contributed by atoms with E-state index in [1.165, 1.54) is 11.8 Å². The van der Waals surface area contributed by atoms with Crippen molar-refractivity contribution >= 4 is 40.8 Å². The van der Waals surface area contributed by atoms with E-state index in [4.69, 9.17) is 11.6 Å². The topological polar surface area (TPSA) is 80.5 Å². The van der Waals surface area contributed by atoms with Crippen molar-refractivity contribution < 1.29 is 9.59 Å². The second kappa shape index (κ2) is 8.83. The standard InChI is InChI=1S/C23H26ClN5O2S/c1-14-16(15(2)29-21(25-14)26-22(27-29)32-4)13-20(31)28(3)23(12-8-7-11-19(23)30)17-9-5-6-10-18(17)24/h5-6,9-10H,7-8,11-13H2,1-4H3. The van der Waals surface area contributed by atoms with Crippen molar-refractivity contribution in [2.45, 2.75) is 56.6 Å². The fourth-order valence-corrected chi connectivity index (χ4v) is 5.27. The molecule has 168 valence electrons. The van der Waals surface area contributed by atoms with Crippen LogP contribution in [0.3, 0.4) is 0 Å². The van der Waals surface area contributed by atoms with Gasteiger partial charge in [0.15, 0.2) is 5.78 Å². The van der Waals surface area contributed by atoms with E-state index in [9.17, 15) is 9.59 Å². The molecule has 1 amide bonds. The molecule has 1 aliphatic carbocycles. The first kappa shape index (κ1) is 22.7. The average molecular weight is 472 g/mol. The van der Waals surface area contributed by atoms with Gasteiger partial charge in [-0.25, -0.2) is 9.50 Å². The third-order valence-electron chi connectivity index (χ3n) is 6.46. The molecule has 1 saturated carbocycles. The molecule has 4 rings (SSSR count). The van der Waals surface area contributed by atoms with Crippen molar-refractivity contribution in [2.24, 2.45) is 0 Å². The quantitative estimate of drug-likeness (QED) is 0.520. The lowest BCUT2D eigenvalue weighted by Gasteiger charge is -2.44. The number of Topliss-reactive ketones (excluding diaryl/α,β-unsaturated/α-hetero) is 1. The molecule has 1 aromatic carbocycles. The Morgan fingerprint density at radius 2 is 2.00 bits per heavy atom. The zero-order chi connectivity index (χ0) is 23.0. The number of halogens is 1. The molecule has 3 aromatic rings. The number of hydrogen-bond acceptors (Lipinski definition) is 6. The van der Waals surface area contributed by atoms with Crippen LogP contribution in [0.25, 0.3) is 5.78 Å². The zero-order valence-electron chi connectivity index (χ0n) is 18.7. The molecular weight excluding hydrogens is 446 g/mol. The van der Waals surface area contributed by atoms with Crippen molar-refractivity contribution in [1.82, 2.24) is 24.5 Å². The predicted molar refractivity (Wildman–Crippen MR) is 125 cm³/mol. The smallest absolute Gasteiger partial charge is 0.253 e. The predicted octanol–water partition coefficient (Wildman–Crippen LogP) is 4.16. The molecular formula is C23H26ClN5O2S. The summed E-state index contributed by atoms with van der Waals surface area (Å²) < 4.78 is 1.68. The van der Waals surface area contributed by atoms with Gasteiger partial charge in [0.1, 0.15) is 5.54 Å². The van der Waals surface area contributed by atoms with E-state index >= 15 is 0 Å². The second-order valence-electron chi connectivity index (χ2n) is 8.17. The molecule has 2 aromatic heterocycles. The maximum absolute atomic E-state index is 13.6. The number of ketones is 1. The van der Waals surface area contributed by atoms with Crippen LogP contribution in [0.1, 0.15) is 48.2 Å². The number of benzene rings is 1. The van der Waals surface area contributed by atoms with Crippen LogP contribution in [0.2, 0.25) is 5.02 Å². The number of hydrogen-bond donors (Lipinski definition) is 0. The van der Waals surface area contributed by atoms with Gasteiger partial charge in [-0.15, -0.1) is 5.10 Å². The Morgan fingerprint density at radius 3 is 2.69 bits per heavy atom. The Labute approximate surface area is 196 Å². The molecule has 1 unspecified atom stereocenters. The van der Waals surface area contributed by atoms with Gasteiger partial charge in [0, 0.05) is 41.0 Å². The summed E-state index contributed by atoms with van der Waals surface area (Å²) in [4.78, 5) is 37.5. The Morgan fingerprint density at radius 1 is 1.25 bits per heavy atom. The molecule has 32 heavy (non-hydrogen) atoms. The minimum absolute atomic E-state index is 0.0376. The molecule has 1 atom stereocenters. The number of carbonyl (C=O) groups is 2. The lowest BCUT2D eigenvalue weighted by molar-refractivity contribution is -0.147. The summed E-state index contributed by atoms with van der Waals surface area (Å²) in [5.74, 6) is 0.400. The first-order valence-electron chi connectivity index (χ1n) is 10.6. The van der Waals surface area contributed by atoms with Gasteiger partial charge in [-0.2, -0.15) is 4.98 Å². The van der Waals surface area contributed by atoms with E-state index in [1.54, 1.807) is 22.5 Å². The Balaban J connectivity index is 1.74. The zero-order valence-corrected chi connectivity index (χ0v) is 20.3. The minimum Gasteiger partial charge on any atom is -0.329 e. The Hall–Kier alpha value is -2.45. The van der Waals surface area contributed by atoms with Gasteiger partial charge in [-0.1, -0.05) is 41.6 Å². The van der Waals surface area contributed by atoms with E-state index in [0.717, 1.165) is 29.8 Å². The summed E-state index contributed by atoms with van der Waals surface area (Å²) in [5, 5.41) is 5.60. The molecule has 0 saturated heterocycles. The Bertz CT molecular complexity index is 1210. The minimum atomic E-state index is -1.05. The highest BCUT2D eigenvalue weighted by Gasteiger charge is 2.47. The molecule has 1 aliphatic rings. The van der Waals surface area contributed by atoms with E-state index < -0.39 is 5.54 Å². The van der Waals surface area contributed by atoms with Gasteiger partial charge in [0.25, 0.3) is 5.78 Å². The number of carbonyl (C=O) groups excluding carboxylic acids is 2. The lowest BCUT2D eigenvalue weighted by Crippen LogP contribution is -2.54. The molecule has 9 heteroatoms. The van der Waals surface area contributed by atoms with E-state index in [0.29, 0.717) is 34.4 Å². The molecule has 1 fully saturated rings. The number of likely N-dealkylation sites (N-methyl/N-ethyl adjacent to an activating group) is 1. The van der Waals surface area contributed by atoms with Gasteiger partial charge in [-0.3, -0.25) is 9.59 Å². The van der Waals surface area contributed by atoms with Gasteiger partial charge in [0.2, 0.25) is 11.1 Å². The van der Waals surface area contributed by atoms with E-state index in [2.05, 4.69) is 15.1 Å². The molecule has 0 radical (unpaired) electrons. The lowest BCUT2D eigenvalue weighted by atomic mass is 9.74.